The molecular weight excluding hydrogens is 164 g/mol. The van der Waals surface area contributed by atoms with Gasteiger partial charge in [0.15, 0.2) is 0 Å². The van der Waals surface area contributed by atoms with E-state index in [0.29, 0.717) is 0 Å². The molecule has 1 spiro atoms. The SMILES string of the molecule is CO[C@]12CCC[C@H](O)[C@]13C[C@@H]3CC2. The van der Waals surface area contributed by atoms with Crippen LogP contribution in [0.3, 0.4) is 0 Å². The van der Waals surface area contributed by atoms with Crippen LogP contribution in [-0.2, 0) is 4.74 Å². The Bertz CT molecular complexity index is 238. The highest BCUT2D eigenvalue weighted by molar-refractivity contribution is 5.24. The zero-order valence-electron chi connectivity index (χ0n) is 8.25. The van der Waals surface area contributed by atoms with Crippen LogP contribution < -0.4 is 0 Å². The smallest absolute Gasteiger partial charge is 0.0762 e. The second kappa shape index (κ2) is 2.29. The van der Waals surface area contributed by atoms with Crippen molar-refractivity contribution in [1.82, 2.24) is 0 Å². The van der Waals surface area contributed by atoms with E-state index in [1.165, 1.54) is 25.7 Å². The molecule has 2 heteroatoms. The van der Waals surface area contributed by atoms with E-state index in [2.05, 4.69) is 0 Å². The van der Waals surface area contributed by atoms with Gasteiger partial charge in [0.1, 0.15) is 0 Å². The molecule has 4 atom stereocenters. The number of ether oxygens (including phenoxy) is 1. The normalized spacial score (nSPS) is 58.6. The molecule has 0 aliphatic heterocycles. The van der Waals surface area contributed by atoms with Gasteiger partial charge < -0.3 is 9.84 Å². The van der Waals surface area contributed by atoms with Gasteiger partial charge in [0.05, 0.1) is 11.7 Å². The Morgan fingerprint density at radius 2 is 2.15 bits per heavy atom. The number of hydrogen-bond donors (Lipinski definition) is 1. The molecule has 13 heavy (non-hydrogen) atoms. The lowest BCUT2D eigenvalue weighted by atomic mass is 9.71. The molecule has 0 heterocycles. The second-order valence-corrected chi connectivity index (χ2v) is 5.09. The summed E-state index contributed by atoms with van der Waals surface area (Å²) in [7, 11) is 1.83. The molecule has 3 aliphatic rings. The minimum absolute atomic E-state index is 0.0648. The van der Waals surface area contributed by atoms with Crippen LogP contribution in [0.15, 0.2) is 0 Å². The molecule has 1 N–H and O–H groups in total. The van der Waals surface area contributed by atoms with Crippen LogP contribution in [0.4, 0.5) is 0 Å². The molecule has 0 radical (unpaired) electrons. The van der Waals surface area contributed by atoms with E-state index in [0.717, 1.165) is 18.8 Å². The summed E-state index contributed by atoms with van der Waals surface area (Å²) in [6, 6.07) is 0. The molecule has 0 aromatic rings. The molecule has 3 fully saturated rings. The number of rotatable bonds is 1. The molecule has 3 rings (SSSR count). The van der Waals surface area contributed by atoms with E-state index in [9.17, 15) is 5.11 Å². The Morgan fingerprint density at radius 3 is 2.77 bits per heavy atom. The predicted molar refractivity (Wildman–Crippen MR) is 49.4 cm³/mol. The van der Waals surface area contributed by atoms with Gasteiger partial charge in [0, 0.05) is 12.5 Å². The Balaban J connectivity index is 1.99. The van der Waals surface area contributed by atoms with Crippen LogP contribution in [0.2, 0.25) is 0 Å². The highest BCUT2D eigenvalue weighted by Crippen LogP contribution is 2.74. The lowest BCUT2D eigenvalue weighted by Gasteiger charge is -2.44. The summed E-state index contributed by atoms with van der Waals surface area (Å²) in [6.45, 7) is 0. The van der Waals surface area contributed by atoms with Crippen LogP contribution in [0.1, 0.15) is 38.5 Å². The molecule has 74 valence electrons. The van der Waals surface area contributed by atoms with Crippen molar-refractivity contribution >= 4 is 0 Å². The summed E-state index contributed by atoms with van der Waals surface area (Å²) in [5.41, 5.74) is 0.259. The molecule has 0 aromatic carbocycles. The first-order chi connectivity index (χ1) is 6.25. The Labute approximate surface area is 79.3 Å². The van der Waals surface area contributed by atoms with Crippen molar-refractivity contribution in [3.63, 3.8) is 0 Å². The average molecular weight is 182 g/mol. The maximum Gasteiger partial charge on any atom is 0.0762 e. The van der Waals surface area contributed by atoms with E-state index in [1.807, 2.05) is 7.11 Å². The molecule has 0 bridgehead atoms. The van der Waals surface area contributed by atoms with Crippen LogP contribution in [-0.4, -0.2) is 23.9 Å². The monoisotopic (exact) mass is 182 g/mol. The quantitative estimate of drug-likeness (QED) is 0.669. The van der Waals surface area contributed by atoms with Gasteiger partial charge in [0.25, 0.3) is 0 Å². The van der Waals surface area contributed by atoms with Gasteiger partial charge >= 0.3 is 0 Å². The number of hydrogen-bond acceptors (Lipinski definition) is 2. The largest absolute Gasteiger partial charge is 0.392 e. The van der Waals surface area contributed by atoms with E-state index in [4.69, 9.17) is 4.74 Å². The summed E-state index contributed by atoms with van der Waals surface area (Å²) in [4.78, 5) is 0. The zero-order chi connectivity index (χ0) is 9.10. The third-order valence-electron chi connectivity index (χ3n) is 4.94. The lowest BCUT2D eigenvalue weighted by molar-refractivity contribution is -0.134. The molecule has 3 saturated carbocycles. The van der Waals surface area contributed by atoms with Crippen molar-refractivity contribution in [1.29, 1.82) is 0 Å². The first-order valence-electron chi connectivity index (χ1n) is 5.48. The summed E-state index contributed by atoms with van der Waals surface area (Å²) in [5.74, 6) is 0.780. The van der Waals surface area contributed by atoms with E-state index >= 15 is 0 Å². The predicted octanol–water partition coefficient (Wildman–Crippen LogP) is 1.72. The first-order valence-corrected chi connectivity index (χ1v) is 5.48. The van der Waals surface area contributed by atoms with Crippen molar-refractivity contribution in [2.45, 2.75) is 50.2 Å². The molecular formula is C11H18O2. The van der Waals surface area contributed by atoms with Crippen molar-refractivity contribution in [2.24, 2.45) is 11.3 Å². The van der Waals surface area contributed by atoms with Crippen LogP contribution in [0.25, 0.3) is 0 Å². The topological polar surface area (TPSA) is 29.5 Å². The molecule has 0 unspecified atom stereocenters. The van der Waals surface area contributed by atoms with Crippen LogP contribution in [0, 0.1) is 11.3 Å². The van der Waals surface area contributed by atoms with E-state index in [1.54, 1.807) is 0 Å². The van der Waals surface area contributed by atoms with Crippen LogP contribution >= 0.6 is 0 Å². The third kappa shape index (κ3) is 0.736. The zero-order valence-corrected chi connectivity index (χ0v) is 8.25. The highest BCUT2D eigenvalue weighted by atomic mass is 16.5. The van der Waals surface area contributed by atoms with Crippen molar-refractivity contribution in [3.05, 3.63) is 0 Å². The van der Waals surface area contributed by atoms with Gasteiger partial charge in [-0.05, 0) is 44.4 Å². The van der Waals surface area contributed by atoms with Gasteiger partial charge in [-0.3, -0.25) is 0 Å². The number of methoxy groups -OCH3 is 1. The first kappa shape index (κ1) is 8.25. The van der Waals surface area contributed by atoms with Gasteiger partial charge in [-0.25, -0.2) is 0 Å². The third-order valence-corrected chi connectivity index (χ3v) is 4.94. The van der Waals surface area contributed by atoms with Gasteiger partial charge in [0.2, 0.25) is 0 Å². The maximum absolute atomic E-state index is 10.1. The number of aliphatic hydroxyl groups excluding tert-OH is 1. The van der Waals surface area contributed by atoms with Gasteiger partial charge in [-0.15, -0.1) is 0 Å². The fourth-order valence-electron chi connectivity index (χ4n) is 4.21. The molecule has 0 amide bonds. The standard InChI is InChI=1S/C11H18O2/c1-13-10-5-2-3-9(12)11(10)7-8(11)4-6-10/h8-9,12H,2-7H2,1H3/t8-,9-,10-,11+/m0/s1. The average Bonchev–Trinajstić information content (AvgIpc) is 2.79. The van der Waals surface area contributed by atoms with Crippen LogP contribution in [0.5, 0.6) is 0 Å². The van der Waals surface area contributed by atoms with Crippen molar-refractivity contribution in [2.75, 3.05) is 7.11 Å². The summed E-state index contributed by atoms with van der Waals surface area (Å²) in [5, 5.41) is 10.1. The minimum atomic E-state index is -0.0753. The highest BCUT2D eigenvalue weighted by Gasteiger charge is 2.74. The fraction of sp³-hybridized carbons (Fsp3) is 1.00. The summed E-state index contributed by atoms with van der Waals surface area (Å²) < 4.78 is 5.76. The maximum atomic E-state index is 10.1. The molecule has 3 aliphatic carbocycles. The second-order valence-electron chi connectivity index (χ2n) is 5.09. The lowest BCUT2D eigenvalue weighted by Crippen LogP contribution is -2.49. The van der Waals surface area contributed by atoms with Crippen molar-refractivity contribution in [3.8, 4) is 0 Å². The number of aliphatic hydroxyl groups is 1. The summed E-state index contributed by atoms with van der Waals surface area (Å²) >= 11 is 0. The van der Waals surface area contributed by atoms with Gasteiger partial charge in [-0.1, -0.05) is 0 Å². The molecule has 2 nitrogen and oxygen atoms in total. The minimum Gasteiger partial charge on any atom is -0.392 e. The Hall–Kier alpha value is -0.0800. The molecule has 0 saturated heterocycles. The fourth-order valence-corrected chi connectivity index (χ4v) is 4.21. The summed E-state index contributed by atoms with van der Waals surface area (Å²) in [6.07, 6.45) is 6.94. The van der Waals surface area contributed by atoms with Crippen molar-refractivity contribution < 1.29 is 9.84 Å². The van der Waals surface area contributed by atoms with Gasteiger partial charge in [-0.2, -0.15) is 0 Å². The van der Waals surface area contributed by atoms with E-state index < -0.39 is 0 Å². The Morgan fingerprint density at radius 1 is 1.31 bits per heavy atom. The molecule has 0 aromatic heterocycles. The van der Waals surface area contributed by atoms with E-state index in [-0.39, 0.29) is 17.1 Å². The Kier molecular flexibility index (Phi) is 1.45.